The van der Waals surface area contributed by atoms with Crippen molar-refractivity contribution in [2.24, 2.45) is 4.99 Å². The minimum Gasteiger partial charge on any atom is -0.290 e. The number of rotatable bonds is 4. The lowest BCUT2D eigenvalue weighted by Crippen LogP contribution is -2.44. The maximum atomic E-state index is 4.71. The van der Waals surface area contributed by atoms with E-state index in [1.165, 1.54) is 27.8 Å². The molecule has 2 aliphatic heterocycles. The first kappa shape index (κ1) is 20.9. The maximum absolute atomic E-state index is 4.71. The number of aliphatic imine (C=N–C) groups is 1. The summed E-state index contributed by atoms with van der Waals surface area (Å²) in [5.74, 6) is 0.884. The molecule has 0 aliphatic carbocycles. The number of nitrogens with zero attached hydrogens (tertiary/aromatic N) is 4. The molecule has 0 bridgehead atoms. The Morgan fingerprint density at radius 2 is 1.62 bits per heavy atom. The fourth-order valence-corrected chi connectivity index (χ4v) is 5.50. The van der Waals surface area contributed by atoms with Crippen LogP contribution in [0.1, 0.15) is 41.3 Å². The van der Waals surface area contributed by atoms with Gasteiger partial charge in [-0.2, -0.15) is 0 Å². The lowest BCUT2D eigenvalue weighted by molar-refractivity contribution is 0.110. The molecule has 6 rings (SSSR count). The molecule has 4 heterocycles. The van der Waals surface area contributed by atoms with E-state index in [0.29, 0.717) is 0 Å². The highest BCUT2D eigenvalue weighted by atomic mass is 15.2. The molecule has 1 unspecified atom stereocenters. The Kier molecular flexibility index (Phi) is 5.31. The third kappa shape index (κ3) is 3.74. The molecule has 1 spiro atoms. The van der Waals surface area contributed by atoms with Gasteiger partial charge in [-0.15, -0.1) is 0 Å². The predicted molar refractivity (Wildman–Crippen MR) is 137 cm³/mol. The Bertz CT molecular complexity index is 1330. The number of piperidine rings is 1. The summed E-state index contributed by atoms with van der Waals surface area (Å²) in [7, 11) is 0. The second kappa shape index (κ2) is 8.62. The number of aryl methyl sites for hydroxylation is 1. The molecule has 0 saturated carbocycles. The smallest absolute Gasteiger partial charge is 0.155 e. The van der Waals surface area contributed by atoms with E-state index in [-0.39, 0.29) is 11.5 Å². The van der Waals surface area contributed by atoms with Gasteiger partial charge in [0.1, 0.15) is 0 Å². The summed E-state index contributed by atoms with van der Waals surface area (Å²) in [5.41, 5.74) is 7.47. The van der Waals surface area contributed by atoms with Crippen LogP contribution in [0.4, 0.5) is 5.82 Å². The first-order valence-corrected chi connectivity index (χ1v) is 12.0. The molecular weight excluding hydrogens is 416 g/mol. The first-order chi connectivity index (χ1) is 16.7. The van der Waals surface area contributed by atoms with Gasteiger partial charge < -0.3 is 0 Å². The average molecular weight is 445 g/mol. The number of likely N-dealkylation sites (tertiary alicyclic amines) is 1. The van der Waals surface area contributed by atoms with Crippen LogP contribution >= 0.6 is 0 Å². The molecule has 0 radical (unpaired) electrons. The van der Waals surface area contributed by atoms with Crippen LogP contribution in [0.3, 0.4) is 0 Å². The largest absolute Gasteiger partial charge is 0.290 e. The van der Waals surface area contributed by atoms with E-state index in [1.807, 2.05) is 24.5 Å². The van der Waals surface area contributed by atoms with Gasteiger partial charge in [0.05, 0.1) is 5.69 Å². The van der Waals surface area contributed by atoms with Crippen molar-refractivity contribution in [3.05, 3.63) is 114 Å². The summed E-state index contributed by atoms with van der Waals surface area (Å²) >= 11 is 0. The lowest BCUT2D eigenvalue weighted by Gasteiger charge is -2.44. The third-order valence-corrected chi connectivity index (χ3v) is 7.47. The van der Waals surface area contributed by atoms with Crippen LogP contribution < -0.4 is 0 Å². The van der Waals surface area contributed by atoms with Crippen LogP contribution in [-0.2, 0) is 12.0 Å². The molecule has 0 amide bonds. The molecule has 1 fully saturated rings. The number of fused-ring (bicyclic) bond motifs is 2. The highest BCUT2D eigenvalue weighted by molar-refractivity contribution is 5.84. The standard InChI is InChI=1S/C30H28N4/c1-22-7-5-16-31-27(22)20-34-18-15-30(21-33-29-26(30)10-6-17-32-29)19-28(34)25-13-11-24(12-14-25)23-8-3-2-4-9-23/h2-14,16-17,21,28H,15,18-20H2,1H3/t28-,30?/m1/s1. The Balaban J connectivity index is 1.36. The molecule has 4 heteroatoms. The van der Waals surface area contributed by atoms with Gasteiger partial charge in [-0.3, -0.25) is 9.88 Å². The zero-order valence-corrected chi connectivity index (χ0v) is 19.4. The molecule has 168 valence electrons. The van der Waals surface area contributed by atoms with Crippen molar-refractivity contribution in [2.45, 2.75) is 37.8 Å². The van der Waals surface area contributed by atoms with Crippen molar-refractivity contribution in [1.82, 2.24) is 14.9 Å². The van der Waals surface area contributed by atoms with Crippen molar-refractivity contribution in [3.8, 4) is 11.1 Å². The van der Waals surface area contributed by atoms with E-state index in [4.69, 9.17) is 9.98 Å². The lowest BCUT2D eigenvalue weighted by atomic mass is 9.71. The van der Waals surface area contributed by atoms with Crippen LogP contribution in [0.15, 0.2) is 96.2 Å². The quantitative estimate of drug-likeness (QED) is 0.364. The molecule has 2 atom stereocenters. The molecule has 34 heavy (non-hydrogen) atoms. The summed E-state index contributed by atoms with van der Waals surface area (Å²) in [6.45, 7) is 4.00. The number of aromatic nitrogens is 2. The summed E-state index contributed by atoms with van der Waals surface area (Å²) < 4.78 is 0. The van der Waals surface area contributed by atoms with Gasteiger partial charge in [0.2, 0.25) is 0 Å². The van der Waals surface area contributed by atoms with Crippen molar-refractivity contribution in [3.63, 3.8) is 0 Å². The topological polar surface area (TPSA) is 41.4 Å². The van der Waals surface area contributed by atoms with Crippen LogP contribution in [0.5, 0.6) is 0 Å². The number of benzene rings is 2. The van der Waals surface area contributed by atoms with Crippen molar-refractivity contribution in [2.75, 3.05) is 6.54 Å². The maximum Gasteiger partial charge on any atom is 0.155 e. The van der Waals surface area contributed by atoms with Gasteiger partial charge in [0, 0.05) is 48.7 Å². The first-order valence-electron chi connectivity index (χ1n) is 12.0. The Hall–Kier alpha value is -3.63. The van der Waals surface area contributed by atoms with Gasteiger partial charge in [-0.25, -0.2) is 9.98 Å². The molecule has 0 N–H and O–H groups in total. The second-order valence-electron chi connectivity index (χ2n) is 9.48. The van der Waals surface area contributed by atoms with Crippen molar-refractivity contribution < 1.29 is 0 Å². The van der Waals surface area contributed by atoms with E-state index >= 15 is 0 Å². The Labute approximate surface area is 201 Å². The van der Waals surface area contributed by atoms with E-state index in [0.717, 1.165) is 37.4 Å². The van der Waals surface area contributed by atoms with Crippen LogP contribution in [-0.4, -0.2) is 27.6 Å². The van der Waals surface area contributed by atoms with E-state index in [1.54, 1.807) is 0 Å². The number of pyridine rings is 2. The zero-order chi connectivity index (χ0) is 23.0. The summed E-state index contributed by atoms with van der Waals surface area (Å²) in [5, 5.41) is 0. The minimum atomic E-state index is -0.0535. The molecule has 2 aromatic heterocycles. The highest BCUT2D eigenvalue weighted by Crippen LogP contribution is 2.48. The van der Waals surface area contributed by atoms with Gasteiger partial charge in [-0.1, -0.05) is 66.7 Å². The van der Waals surface area contributed by atoms with Gasteiger partial charge in [-0.05, 0) is 54.2 Å². The average Bonchev–Trinajstić information content (AvgIpc) is 3.25. The third-order valence-electron chi connectivity index (χ3n) is 7.47. The molecule has 2 aliphatic rings. The summed E-state index contributed by atoms with van der Waals surface area (Å²) in [4.78, 5) is 16.5. The second-order valence-corrected chi connectivity index (χ2v) is 9.48. The minimum absolute atomic E-state index is 0.0535. The normalized spacial score (nSPS) is 21.6. The van der Waals surface area contributed by atoms with Crippen LogP contribution in [0, 0.1) is 6.92 Å². The summed E-state index contributed by atoms with van der Waals surface area (Å²) in [6.07, 6.45) is 7.95. The van der Waals surface area contributed by atoms with Crippen LogP contribution in [0.2, 0.25) is 0 Å². The molecule has 2 aromatic carbocycles. The summed E-state index contributed by atoms with van der Waals surface area (Å²) in [6, 6.07) is 28.4. The Morgan fingerprint density at radius 3 is 2.44 bits per heavy atom. The monoisotopic (exact) mass is 444 g/mol. The van der Waals surface area contributed by atoms with Gasteiger partial charge in [0.25, 0.3) is 0 Å². The van der Waals surface area contributed by atoms with Gasteiger partial charge in [0.15, 0.2) is 5.82 Å². The molecular formula is C30H28N4. The molecule has 4 nitrogen and oxygen atoms in total. The van der Waals surface area contributed by atoms with E-state index in [9.17, 15) is 0 Å². The van der Waals surface area contributed by atoms with E-state index < -0.39 is 0 Å². The fraction of sp³-hybridized carbons (Fsp3) is 0.233. The number of hydrogen-bond acceptors (Lipinski definition) is 4. The highest BCUT2D eigenvalue weighted by Gasteiger charge is 2.44. The fourth-order valence-electron chi connectivity index (χ4n) is 5.50. The van der Waals surface area contributed by atoms with Crippen molar-refractivity contribution in [1.29, 1.82) is 0 Å². The predicted octanol–water partition coefficient (Wildman–Crippen LogP) is 6.44. The van der Waals surface area contributed by atoms with Gasteiger partial charge >= 0.3 is 0 Å². The Morgan fingerprint density at radius 1 is 0.853 bits per heavy atom. The zero-order valence-electron chi connectivity index (χ0n) is 19.4. The SMILES string of the molecule is Cc1cccnc1CN1CCC2(C=Nc3ncccc32)C[C@@H]1c1ccc(-c2ccccc2)cc1. The van der Waals surface area contributed by atoms with E-state index in [2.05, 4.69) is 89.8 Å². The van der Waals surface area contributed by atoms with Crippen LogP contribution in [0.25, 0.3) is 11.1 Å². The number of hydrogen-bond donors (Lipinski definition) is 0. The van der Waals surface area contributed by atoms with Crippen molar-refractivity contribution >= 4 is 12.0 Å². The molecule has 4 aromatic rings. The molecule has 1 saturated heterocycles.